The highest BCUT2D eigenvalue weighted by Gasteiger charge is 2.06. The molecule has 0 fully saturated rings. The van der Waals surface area contributed by atoms with Crippen LogP contribution >= 0.6 is 35.6 Å². The van der Waals surface area contributed by atoms with Crippen LogP contribution in [0.4, 0.5) is 0 Å². The minimum Gasteiger partial charge on any atom is -0.497 e. The van der Waals surface area contributed by atoms with Crippen LogP contribution < -0.4 is 25.4 Å². The number of guanidine groups is 1. The van der Waals surface area contributed by atoms with Crippen LogP contribution in [0.5, 0.6) is 11.5 Å². The van der Waals surface area contributed by atoms with Gasteiger partial charge in [-0.05, 0) is 43.3 Å². The number of rotatable bonds is 9. The first-order valence-electron chi connectivity index (χ1n) is 9.34. The predicted octanol–water partition coefficient (Wildman–Crippen LogP) is 3.46. The highest BCUT2D eigenvalue weighted by molar-refractivity contribution is 14.0. The molecule has 0 saturated carbocycles. The Morgan fingerprint density at radius 3 is 2.33 bits per heavy atom. The van der Waals surface area contributed by atoms with Gasteiger partial charge in [0.2, 0.25) is 0 Å². The molecule has 7 nitrogen and oxygen atoms in total. The molecular weight excluding hydrogens is 519 g/mol. The Kier molecular flexibility index (Phi) is 12.0. The molecule has 0 heterocycles. The highest BCUT2D eigenvalue weighted by Crippen LogP contribution is 2.25. The van der Waals surface area contributed by atoms with E-state index in [1.165, 1.54) is 0 Å². The van der Waals surface area contributed by atoms with Crippen molar-refractivity contribution in [3.63, 3.8) is 0 Å². The van der Waals surface area contributed by atoms with Crippen molar-refractivity contribution in [3.05, 3.63) is 58.6 Å². The van der Waals surface area contributed by atoms with Crippen LogP contribution in [0.2, 0.25) is 5.02 Å². The lowest BCUT2D eigenvalue weighted by atomic mass is 10.2. The molecule has 0 atom stereocenters. The van der Waals surface area contributed by atoms with Crippen LogP contribution in [0.15, 0.2) is 47.5 Å². The number of hydrogen-bond donors (Lipinski definition) is 3. The molecule has 0 radical (unpaired) electrons. The molecule has 0 saturated heterocycles. The molecule has 0 unspecified atom stereocenters. The second-order valence-electron chi connectivity index (χ2n) is 6.06. The Morgan fingerprint density at radius 1 is 1.00 bits per heavy atom. The van der Waals surface area contributed by atoms with Crippen molar-refractivity contribution in [2.24, 2.45) is 4.99 Å². The van der Waals surface area contributed by atoms with Crippen LogP contribution in [0, 0.1) is 0 Å². The minimum atomic E-state index is -0.145. The summed E-state index contributed by atoms with van der Waals surface area (Å²) in [6.45, 7) is 4.15. The third kappa shape index (κ3) is 8.27. The van der Waals surface area contributed by atoms with E-state index in [-0.39, 0.29) is 29.9 Å². The normalized spacial score (nSPS) is 10.6. The van der Waals surface area contributed by atoms with Gasteiger partial charge in [-0.15, -0.1) is 24.0 Å². The van der Waals surface area contributed by atoms with E-state index in [0.717, 1.165) is 23.6 Å². The SMILES string of the molecule is CCNC(=NCc1ccc(OC)cc1OC)NCCNC(=O)c1ccc(Cl)cc1.I. The van der Waals surface area contributed by atoms with Gasteiger partial charge in [0, 0.05) is 41.9 Å². The van der Waals surface area contributed by atoms with Crippen molar-refractivity contribution in [1.82, 2.24) is 16.0 Å². The number of hydrogen-bond acceptors (Lipinski definition) is 4. The zero-order valence-corrected chi connectivity index (χ0v) is 20.4. The van der Waals surface area contributed by atoms with E-state index in [4.69, 9.17) is 21.1 Å². The zero-order valence-electron chi connectivity index (χ0n) is 17.3. The van der Waals surface area contributed by atoms with Gasteiger partial charge >= 0.3 is 0 Å². The van der Waals surface area contributed by atoms with Crippen LogP contribution in [0.1, 0.15) is 22.8 Å². The molecule has 30 heavy (non-hydrogen) atoms. The first-order chi connectivity index (χ1) is 14.1. The van der Waals surface area contributed by atoms with Crippen molar-refractivity contribution in [2.45, 2.75) is 13.5 Å². The molecule has 2 rings (SSSR count). The van der Waals surface area contributed by atoms with E-state index in [1.54, 1.807) is 38.5 Å². The largest absolute Gasteiger partial charge is 0.497 e. The van der Waals surface area contributed by atoms with Crippen molar-refractivity contribution >= 4 is 47.4 Å². The number of carbonyl (C=O) groups excluding carboxylic acids is 1. The molecule has 0 aliphatic heterocycles. The smallest absolute Gasteiger partial charge is 0.251 e. The molecule has 3 N–H and O–H groups in total. The van der Waals surface area contributed by atoms with Gasteiger partial charge < -0.3 is 25.4 Å². The van der Waals surface area contributed by atoms with Crippen molar-refractivity contribution < 1.29 is 14.3 Å². The van der Waals surface area contributed by atoms with E-state index >= 15 is 0 Å². The highest BCUT2D eigenvalue weighted by atomic mass is 127. The Bertz CT molecular complexity index is 832. The third-order valence-electron chi connectivity index (χ3n) is 4.06. The number of halogens is 2. The number of methoxy groups -OCH3 is 2. The van der Waals surface area contributed by atoms with Gasteiger partial charge in [-0.3, -0.25) is 4.79 Å². The van der Waals surface area contributed by atoms with Crippen molar-refractivity contribution in [1.29, 1.82) is 0 Å². The lowest BCUT2D eigenvalue weighted by Crippen LogP contribution is -2.41. The molecule has 0 spiro atoms. The van der Waals surface area contributed by atoms with Gasteiger partial charge in [0.1, 0.15) is 11.5 Å². The zero-order chi connectivity index (χ0) is 21.1. The fourth-order valence-electron chi connectivity index (χ4n) is 2.55. The summed E-state index contributed by atoms with van der Waals surface area (Å²) in [5.74, 6) is 1.97. The summed E-state index contributed by atoms with van der Waals surface area (Å²) in [6.07, 6.45) is 0. The topological polar surface area (TPSA) is 84.0 Å². The molecule has 1 amide bonds. The molecule has 164 valence electrons. The van der Waals surface area contributed by atoms with Crippen LogP contribution in [-0.4, -0.2) is 45.7 Å². The maximum atomic E-state index is 12.1. The maximum absolute atomic E-state index is 12.1. The van der Waals surface area contributed by atoms with Crippen LogP contribution in [0.25, 0.3) is 0 Å². The molecule has 0 aliphatic rings. The third-order valence-corrected chi connectivity index (χ3v) is 4.31. The van der Waals surface area contributed by atoms with Gasteiger partial charge in [0.15, 0.2) is 5.96 Å². The molecule has 0 aliphatic carbocycles. The number of nitrogens with zero attached hydrogens (tertiary/aromatic N) is 1. The summed E-state index contributed by atoms with van der Waals surface area (Å²) in [5, 5.41) is 9.85. The monoisotopic (exact) mass is 546 g/mol. The van der Waals surface area contributed by atoms with Crippen molar-refractivity contribution in [3.8, 4) is 11.5 Å². The second kappa shape index (κ2) is 13.9. The minimum absolute atomic E-state index is 0. The van der Waals surface area contributed by atoms with Gasteiger partial charge in [-0.25, -0.2) is 4.99 Å². The van der Waals surface area contributed by atoms with E-state index < -0.39 is 0 Å². The quantitative estimate of drug-likeness (QED) is 0.194. The number of amides is 1. The van der Waals surface area contributed by atoms with E-state index in [9.17, 15) is 4.79 Å². The predicted molar refractivity (Wildman–Crippen MR) is 132 cm³/mol. The molecule has 9 heteroatoms. The maximum Gasteiger partial charge on any atom is 0.251 e. The molecule has 2 aromatic rings. The fraction of sp³-hybridized carbons (Fsp3) is 0.333. The fourth-order valence-corrected chi connectivity index (χ4v) is 2.67. The standard InChI is InChI=1S/C21H27ClN4O3.HI/c1-4-23-21(26-14-16-7-10-18(28-2)13-19(16)29-3)25-12-11-24-20(27)15-5-8-17(22)9-6-15;/h5-10,13H,4,11-12,14H2,1-3H3,(H,24,27)(H2,23,25,26);1H. The lowest BCUT2D eigenvalue weighted by molar-refractivity contribution is 0.0954. The lowest BCUT2D eigenvalue weighted by Gasteiger charge is -2.13. The van der Waals surface area contributed by atoms with Crippen molar-refractivity contribution in [2.75, 3.05) is 33.9 Å². The molecule has 0 aromatic heterocycles. The Labute approximate surface area is 199 Å². The number of benzene rings is 2. The molecular formula is C21H28ClIN4O3. The van der Waals surface area contributed by atoms with E-state index in [2.05, 4.69) is 20.9 Å². The van der Waals surface area contributed by atoms with Gasteiger partial charge in [-0.2, -0.15) is 0 Å². The average Bonchev–Trinajstić information content (AvgIpc) is 2.75. The molecule has 0 bridgehead atoms. The Morgan fingerprint density at radius 2 is 1.70 bits per heavy atom. The average molecular weight is 547 g/mol. The summed E-state index contributed by atoms with van der Waals surface area (Å²) in [4.78, 5) is 16.7. The summed E-state index contributed by atoms with van der Waals surface area (Å²) < 4.78 is 10.6. The summed E-state index contributed by atoms with van der Waals surface area (Å²) in [5.41, 5.74) is 1.52. The van der Waals surface area contributed by atoms with Gasteiger partial charge in [0.05, 0.1) is 20.8 Å². The Hall–Kier alpha value is -2.20. The number of aliphatic imine (C=N–C) groups is 1. The Balaban J connectivity index is 0.00000450. The number of ether oxygens (including phenoxy) is 2. The number of carbonyl (C=O) groups is 1. The van der Waals surface area contributed by atoms with Crippen LogP contribution in [0.3, 0.4) is 0 Å². The first kappa shape index (κ1) is 25.8. The second-order valence-corrected chi connectivity index (χ2v) is 6.50. The van der Waals surface area contributed by atoms with E-state index in [0.29, 0.717) is 36.2 Å². The van der Waals surface area contributed by atoms with Gasteiger partial charge in [0.25, 0.3) is 5.91 Å². The summed E-state index contributed by atoms with van der Waals surface area (Å²) >= 11 is 5.84. The van der Waals surface area contributed by atoms with E-state index in [1.807, 2.05) is 25.1 Å². The number of nitrogens with one attached hydrogen (secondary N) is 3. The summed E-state index contributed by atoms with van der Waals surface area (Å²) in [7, 11) is 3.24. The first-order valence-corrected chi connectivity index (χ1v) is 9.72. The molecule has 2 aromatic carbocycles. The summed E-state index contributed by atoms with van der Waals surface area (Å²) in [6, 6.07) is 12.4. The van der Waals surface area contributed by atoms with Crippen LogP contribution in [-0.2, 0) is 6.54 Å². The van der Waals surface area contributed by atoms with Gasteiger partial charge in [-0.1, -0.05) is 11.6 Å².